The highest BCUT2D eigenvalue weighted by Crippen LogP contribution is 2.19. The second kappa shape index (κ2) is 4.25. The number of ether oxygens (including phenoxy) is 1. The highest BCUT2D eigenvalue weighted by atomic mass is 16.8. The van der Waals surface area contributed by atoms with Crippen molar-refractivity contribution < 1.29 is 14.7 Å². The molecule has 0 aromatic rings. The molecule has 1 atom stereocenters. The molecular formula is C6H14N2O3. The van der Waals surface area contributed by atoms with Crippen LogP contribution in [-0.4, -0.2) is 18.2 Å². The second-order valence-corrected chi connectivity index (χ2v) is 3.22. The average Bonchev–Trinajstić information content (AvgIpc) is 1.86. The van der Waals surface area contributed by atoms with Gasteiger partial charge in [-0.2, -0.15) is 5.53 Å². The summed E-state index contributed by atoms with van der Waals surface area (Å²) in [5.74, 6) is 0. The predicted octanol–water partition coefficient (Wildman–Crippen LogP) is 1.29. The lowest BCUT2D eigenvalue weighted by atomic mass is 9.96. The third-order valence-corrected chi connectivity index (χ3v) is 1.08. The van der Waals surface area contributed by atoms with Crippen molar-refractivity contribution in [2.75, 3.05) is 6.79 Å². The summed E-state index contributed by atoms with van der Waals surface area (Å²) in [6.45, 7) is 5.29. The highest BCUT2D eigenvalue weighted by Gasteiger charge is 2.22. The van der Waals surface area contributed by atoms with Crippen molar-refractivity contribution in [2.24, 2.45) is 10.7 Å². The van der Waals surface area contributed by atoms with Crippen molar-refractivity contribution in [3.8, 4) is 0 Å². The molecule has 66 valence electrons. The van der Waals surface area contributed by atoms with Gasteiger partial charge in [0.05, 0.1) is 0 Å². The van der Waals surface area contributed by atoms with E-state index in [-0.39, 0.29) is 12.2 Å². The molecule has 0 amide bonds. The predicted molar refractivity (Wildman–Crippen MR) is 37.6 cm³/mol. The Kier molecular flexibility index (Phi) is 3.99. The first-order chi connectivity index (χ1) is 4.98. The number of hydrogen-bond donors (Lipinski definition) is 2. The van der Waals surface area contributed by atoms with Gasteiger partial charge in [-0.15, -0.1) is 0 Å². The molecule has 0 bridgehead atoms. The number of hydrogen-bond acceptors (Lipinski definition) is 5. The summed E-state index contributed by atoms with van der Waals surface area (Å²) in [5.41, 5.74) is 5.90. The van der Waals surface area contributed by atoms with Gasteiger partial charge in [0.1, 0.15) is 0 Å². The zero-order valence-corrected chi connectivity index (χ0v) is 7.00. The number of aliphatic hydroxyl groups is 1. The van der Waals surface area contributed by atoms with Crippen LogP contribution in [0.2, 0.25) is 0 Å². The third kappa shape index (κ3) is 4.69. The fraction of sp³-hybridized carbons (Fsp3) is 1.00. The Labute approximate surface area is 65.8 Å². The van der Waals surface area contributed by atoms with Gasteiger partial charge in [-0.25, -0.2) is 0 Å². The number of nitrogens with zero attached hydrogens (tertiary/aromatic N) is 1. The fourth-order valence-electron chi connectivity index (χ4n) is 0.371. The summed E-state index contributed by atoms with van der Waals surface area (Å²) in [7, 11) is 0. The Morgan fingerprint density at radius 1 is 1.55 bits per heavy atom. The van der Waals surface area contributed by atoms with Crippen LogP contribution in [0.4, 0.5) is 0 Å². The van der Waals surface area contributed by atoms with Crippen molar-refractivity contribution in [2.45, 2.75) is 27.1 Å². The van der Waals surface area contributed by atoms with Gasteiger partial charge in [-0.3, -0.25) is 0 Å². The zero-order valence-electron chi connectivity index (χ0n) is 7.00. The number of nitrogens with one attached hydrogen (secondary N) is 1. The van der Waals surface area contributed by atoms with E-state index in [1.807, 2.05) is 20.8 Å². The molecule has 11 heavy (non-hydrogen) atoms. The number of aliphatic hydroxyl groups excluding tert-OH is 1. The van der Waals surface area contributed by atoms with Gasteiger partial charge in [0.25, 0.3) is 0 Å². The largest absolute Gasteiger partial charge is 0.367 e. The topological polar surface area (TPSA) is 74.9 Å². The molecule has 0 aliphatic carbocycles. The highest BCUT2D eigenvalue weighted by molar-refractivity contribution is 4.63. The lowest BCUT2D eigenvalue weighted by Crippen LogP contribution is -2.29. The maximum Gasteiger partial charge on any atom is 0.220 e. The first-order valence-electron chi connectivity index (χ1n) is 3.27. The average molecular weight is 162 g/mol. The molecule has 0 aliphatic rings. The van der Waals surface area contributed by atoms with Crippen LogP contribution in [0.1, 0.15) is 20.8 Å². The van der Waals surface area contributed by atoms with Crippen LogP contribution in [0.15, 0.2) is 5.28 Å². The monoisotopic (exact) mass is 162 g/mol. The van der Waals surface area contributed by atoms with Crippen molar-refractivity contribution >= 4 is 0 Å². The second-order valence-electron chi connectivity index (χ2n) is 3.22. The van der Waals surface area contributed by atoms with Crippen molar-refractivity contribution in [3.63, 3.8) is 0 Å². The Balaban J connectivity index is 3.52. The summed E-state index contributed by atoms with van der Waals surface area (Å²) < 4.78 is 4.77. The third-order valence-electron chi connectivity index (χ3n) is 1.08. The molecule has 0 saturated carbocycles. The summed E-state index contributed by atoms with van der Waals surface area (Å²) >= 11 is 0. The number of rotatable bonds is 4. The Morgan fingerprint density at radius 3 is 2.45 bits per heavy atom. The molecule has 0 spiro atoms. The van der Waals surface area contributed by atoms with Crippen LogP contribution in [0.5, 0.6) is 0 Å². The Hall–Kier alpha value is -0.680. The maximum absolute atomic E-state index is 9.21. The molecule has 0 aliphatic heterocycles. The molecule has 5 nitrogen and oxygen atoms in total. The van der Waals surface area contributed by atoms with E-state index in [0.717, 1.165) is 0 Å². The van der Waals surface area contributed by atoms with Gasteiger partial charge in [0.2, 0.25) is 6.79 Å². The molecule has 0 heterocycles. The van der Waals surface area contributed by atoms with E-state index in [4.69, 9.17) is 10.3 Å². The van der Waals surface area contributed by atoms with E-state index in [2.05, 4.69) is 10.1 Å². The van der Waals surface area contributed by atoms with Gasteiger partial charge in [0, 0.05) is 10.7 Å². The molecule has 1 unspecified atom stereocenters. The van der Waals surface area contributed by atoms with E-state index >= 15 is 0 Å². The standard InChI is InChI=1S/C6H14N2O3/c1-6(2,3)5(9)10-4-11-8-7/h5,7,9H,4H2,1-3H3. The van der Waals surface area contributed by atoms with Gasteiger partial charge in [-0.05, 0) is 0 Å². The molecule has 0 aromatic carbocycles. The van der Waals surface area contributed by atoms with Crippen LogP contribution in [-0.2, 0) is 9.57 Å². The van der Waals surface area contributed by atoms with Crippen LogP contribution < -0.4 is 0 Å². The van der Waals surface area contributed by atoms with Gasteiger partial charge in [0.15, 0.2) is 6.29 Å². The van der Waals surface area contributed by atoms with E-state index in [9.17, 15) is 5.11 Å². The first-order valence-corrected chi connectivity index (χ1v) is 3.27. The van der Waals surface area contributed by atoms with E-state index < -0.39 is 6.29 Å². The normalized spacial score (nSPS) is 14.2. The molecule has 0 aromatic heterocycles. The smallest absolute Gasteiger partial charge is 0.220 e. The SMILES string of the molecule is CC(C)(C)C(O)OCON=N. The minimum atomic E-state index is -0.899. The van der Waals surface area contributed by atoms with Gasteiger partial charge < -0.3 is 14.7 Å². The summed E-state index contributed by atoms with van der Waals surface area (Å²) in [4.78, 5) is 4.21. The minimum Gasteiger partial charge on any atom is -0.367 e. The first kappa shape index (κ1) is 10.3. The zero-order chi connectivity index (χ0) is 8.91. The summed E-state index contributed by atoms with van der Waals surface area (Å²) in [6, 6.07) is 0. The fourth-order valence-corrected chi connectivity index (χ4v) is 0.371. The minimum absolute atomic E-state index is 0.193. The van der Waals surface area contributed by atoms with Crippen LogP contribution in [0, 0.1) is 10.9 Å². The van der Waals surface area contributed by atoms with Crippen LogP contribution in [0.3, 0.4) is 0 Å². The quantitative estimate of drug-likeness (QED) is 0.283. The van der Waals surface area contributed by atoms with Crippen molar-refractivity contribution in [1.29, 1.82) is 5.53 Å². The molecule has 0 fully saturated rings. The molecule has 5 heteroatoms. The van der Waals surface area contributed by atoms with Crippen LogP contribution in [0.25, 0.3) is 0 Å². The van der Waals surface area contributed by atoms with Gasteiger partial charge >= 0.3 is 0 Å². The Morgan fingerprint density at radius 2 is 2.09 bits per heavy atom. The van der Waals surface area contributed by atoms with Crippen LogP contribution >= 0.6 is 0 Å². The molecule has 0 radical (unpaired) electrons. The molecule has 0 saturated heterocycles. The van der Waals surface area contributed by atoms with Crippen molar-refractivity contribution in [3.05, 3.63) is 0 Å². The lowest BCUT2D eigenvalue weighted by Gasteiger charge is -2.24. The van der Waals surface area contributed by atoms with Gasteiger partial charge in [-0.1, -0.05) is 20.8 Å². The lowest BCUT2D eigenvalue weighted by molar-refractivity contribution is -0.212. The Bertz CT molecular complexity index is 121. The summed E-state index contributed by atoms with van der Waals surface area (Å²) in [6.07, 6.45) is -0.899. The van der Waals surface area contributed by atoms with Crippen molar-refractivity contribution in [1.82, 2.24) is 0 Å². The van der Waals surface area contributed by atoms with E-state index in [0.29, 0.717) is 0 Å². The molecular weight excluding hydrogens is 148 g/mol. The maximum atomic E-state index is 9.21. The molecule has 2 N–H and O–H groups in total. The van der Waals surface area contributed by atoms with E-state index in [1.165, 1.54) is 0 Å². The summed E-state index contributed by atoms with van der Waals surface area (Å²) in [5, 5.41) is 11.8. The van der Waals surface area contributed by atoms with E-state index in [1.54, 1.807) is 0 Å². The molecule has 0 rings (SSSR count).